The largest absolute Gasteiger partial charge is 0.378 e. The number of carbonyl (C=O) groups is 1. The fourth-order valence-electron chi connectivity index (χ4n) is 2.71. The van der Waals surface area contributed by atoms with Crippen molar-refractivity contribution in [1.29, 1.82) is 0 Å². The van der Waals surface area contributed by atoms with Gasteiger partial charge in [-0.3, -0.25) is 0 Å². The van der Waals surface area contributed by atoms with E-state index in [4.69, 9.17) is 9.47 Å². The minimum atomic E-state index is -0.0769. The van der Waals surface area contributed by atoms with Crippen LogP contribution in [0.15, 0.2) is 0 Å². The molecule has 3 atom stereocenters. The summed E-state index contributed by atoms with van der Waals surface area (Å²) in [7, 11) is 0. The van der Waals surface area contributed by atoms with Gasteiger partial charge >= 0.3 is 6.03 Å². The first-order valence-corrected chi connectivity index (χ1v) is 7.53. The van der Waals surface area contributed by atoms with Crippen molar-refractivity contribution in [3.8, 4) is 0 Å². The first kappa shape index (κ1) is 14.6. The normalized spacial score (nSPS) is 31.1. The Balaban J connectivity index is 1.51. The van der Waals surface area contributed by atoms with E-state index in [9.17, 15) is 4.79 Å². The Bertz CT molecular complexity index is 280. The highest BCUT2D eigenvalue weighted by Crippen LogP contribution is 2.16. The molecule has 5 heteroatoms. The second-order valence-electron chi connectivity index (χ2n) is 5.50. The number of urea groups is 1. The highest BCUT2D eigenvalue weighted by molar-refractivity contribution is 5.74. The molecule has 2 heterocycles. The SMILES string of the molecule is CC1OCCC1NC(=O)NCCCC1CCCCO1. The second-order valence-corrected chi connectivity index (χ2v) is 5.50. The van der Waals surface area contributed by atoms with E-state index in [-0.39, 0.29) is 18.2 Å². The summed E-state index contributed by atoms with van der Waals surface area (Å²) in [5.74, 6) is 0. The molecule has 0 bridgehead atoms. The number of hydrogen-bond acceptors (Lipinski definition) is 3. The van der Waals surface area contributed by atoms with Crippen molar-refractivity contribution in [2.75, 3.05) is 19.8 Å². The van der Waals surface area contributed by atoms with Gasteiger partial charge in [0.15, 0.2) is 0 Å². The lowest BCUT2D eigenvalue weighted by Gasteiger charge is -2.22. The van der Waals surface area contributed by atoms with Gasteiger partial charge in [-0.05, 0) is 45.4 Å². The van der Waals surface area contributed by atoms with Gasteiger partial charge in [0.1, 0.15) is 0 Å². The molecule has 2 saturated heterocycles. The molecule has 0 spiro atoms. The molecule has 5 nitrogen and oxygen atoms in total. The third kappa shape index (κ3) is 4.99. The topological polar surface area (TPSA) is 59.6 Å². The van der Waals surface area contributed by atoms with Gasteiger partial charge in [0.05, 0.1) is 18.2 Å². The lowest BCUT2D eigenvalue weighted by molar-refractivity contribution is 0.0103. The van der Waals surface area contributed by atoms with Crippen LogP contribution in [-0.2, 0) is 9.47 Å². The zero-order chi connectivity index (χ0) is 13.5. The average molecular weight is 270 g/mol. The Morgan fingerprint density at radius 2 is 2.11 bits per heavy atom. The molecule has 19 heavy (non-hydrogen) atoms. The summed E-state index contributed by atoms with van der Waals surface area (Å²) in [4.78, 5) is 11.7. The number of ether oxygens (including phenoxy) is 2. The molecule has 0 aliphatic carbocycles. The van der Waals surface area contributed by atoms with E-state index >= 15 is 0 Å². The predicted octanol–water partition coefficient (Wildman–Crippen LogP) is 1.81. The first-order chi connectivity index (χ1) is 9.25. The molecule has 0 radical (unpaired) electrons. The van der Waals surface area contributed by atoms with E-state index < -0.39 is 0 Å². The summed E-state index contributed by atoms with van der Waals surface area (Å²) in [5, 5.41) is 5.87. The predicted molar refractivity (Wildman–Crippen MR) is 73.2 cm³/mol. The molecular formula is C14H26N2O3. The molecule has 0 aromatic carbocycles. The minimum absolute atomic E-state index is 0.0769. The van der Waals surface area contributed by atoms with Crippen molar-refractivity contribution >= 4 is 6.03 Å². The van der Waals surface area contributed by atoms with E-state index in [1.165, 1.54) is 19.3 Å². The number of carbonyl (C=O) groups excluding carboxylic acids is 1. The fourth-order valence-corrected chi connectivity index (χ4v) is 2.71. The quantitative estimate of drug-likeness (QED) is 0.749. The van der Waals surface area contributed by atoms with Crippen LogP contribution in [0.3, 0.4) is 0 Å². The lowest BCUT2D eigenvalue weighted by atomic mass is 10.0. The Hall–Kier alpha value is -0.810. The summed E-state index contributed by atoms with van der Waals surface area (Å²) >= 11 is 0. The molecule has 2 rings (SSSR count). The van der Waals surface area contributed by atoms with Gasteiger partial charge in [0, 0.05) is 19.8 Å². The fraction of sp³-hybridized carbons (Fsp3) is 0.929. The molecule has 2 amide bonds. The van der Waals surface area contributed by atoms with Gasteiger partial charge in [-0.25, -0.2) is 4.79 Å². The highest BCUT2D eigenvalue weighted by Gasteiger charge is 2.25. The lowest BCUT2D eigenvalue weighted by Crippen LogP contribution is -2.45. The third-order valence-corrected chi connectivity index (χ3v) is 3.96. The molecule has 2 fully saturated rings. The number of hydrogen-bond donors (Lipinski definition) is 2. The van der Waals surface area contributed by atoms with Crippen LogP contribution in [0.5, 0.6) is 0 Å². The summed E-state index contributed by atoms with van der Waals surface area (Å²) in [6.07, 6.45) is 7.10. The summed E-state index contributed by atoms with van der Waals surface area (Å²) < 4.78 is 11.1. The van der Waals surface area contributed by atoms with Crippen molar-refractivity contribution in [3.63, 3.8) is 0 Å². The van der Waals surface area contributed by atoms with Crippen LogP contribution in [-0.4, -0.2) is 44.0 Å². The van der Waals surface area contributed by atoms with Gasteiger partial charge in [-0.15, -0.1) is 0 Å². The minimum Gasteiger partial charge on any atom is -0.378 e. The summed E-state index contributed by atoms with van der Waals surface area (Å²) in [5.41, 5.74) is 0. The van der Waals surface area contributed by atoms with E-state index in [0.29, 0.717) is 12.6 Å². The maximum Gasteiger partial charge on any atom is 0.315 e. The highest BCUT2D eigenvalue weighted by atomic mass is 16.5. The van der Waals surface area contributed by atoms with Crippen LogP contribution < -0.4 is 10.6 Å². The van der Waals surface area contributed by atoms with Gasteiger partial charge < -0.3 is 20.1 Å². The molecule has 2 aliphatic heterocycles. The molecule has 2 aliphatic rings. The van der Waals surface area contributed by atoms with E-state index in [0.717, 1.165) is 32.5 Å². The van der Waals surface area contributed by atoms with Gasteiger partial charge in [-0.1, -0.05) is 0 Å². The second kappa shape index (κ2) is 7.70. The summed E-state index contributed by atoms with van der Waals surface area (Å²) in [6, 6.07) is 0.0774. The van der Waals surface area contributed by atoms with Crippen molar-refractivity contribution < 1.29 is 14.3 Å². The van der Waals surface area contributed by atoms with Crippen LogP contribution in [0.4, 0.5) is 4.79 Å². The Kier molecular flexibility index (Phi) is 5.92. The van der Waals surface area contributed by atoms with Gasteiger partial charge in [-0.2, -0.15) is 0 Å². The van der Waals surface area contributed by atoms with Crippen LogP contribution >= 0.6 is 0 Å². The van der Waals surface area contributed by atoms with Crippen molar-refractivity contribution in [2.24, 2.45) is 0 Å². The smallest absolute Gasteiger partial charge is 0.315 e. The molecule has 110 valence electrons. The Morgan fingerprint density at radius 1 is 1.21 bits per heavy atom. The van der Waals surface area contributed by atoms with E-state index in [2.05, 4.69) is 10.6 Å². The van der Waals surface area contributed by atoms with Crippen molar-refractivity contribution in [2.45, 2.75) is 63.7 Å². The van der Waals surface area contributed by atoms with E-state index in [1.807, 2.05) is 6.92 Å². The average Bonchev–Trinajstić information content (AvgIpc) is 2.82. The molecule has 0 saturated carbocycles. The molecule has 0 aromatic heterocycles. The molecule has 3 unspecified atom stereocenters. The summed E-state index contributed by atoms with van der Waals surface area (Å²) in [6.45, 7) is 4.36. The van der Waals surface area contributed by atoms with Crippen molar-refractivity contribution in [1.82, 2.24) is 10.6 Å². The zero-order valence-electron chi connectivity index (χ0n) is 11.8. The van der Waals surface area contributed by atoms with E-state index in [1.54, 1.807) is 0 Å². The molecule has 0 aromatic rings. The standard InChI is InChI=1S/C14H26N2O3/c1-11-13(7-10-18-11)16-14(17)15-8-4-6-12-5-2-3-9-19-12/h11-13H,2-10H2,1H3,(H2,15,16,17). The maximum atomic E-state index is 11.7. The number of amides is 2. The first-order valence-electron chi connectivity index (χ1n) is 7.53. The van der Waals surface area contributed by atoms with Gasteiger partial charge in [0.25, 0.3) is 0 Å². The monoisotopic (exact) mass is 270 g/mol. The number of nitrogens with one attached hydrogen (secondary N) is 2. The molecule has 2 N–H and O–H groups in total. The number of rotatable bonds is 5. The van der Waals surface area contributed by atoms with Crippen LogP contribution in [0, 0.1) is 0 Å². The Morgan fingerprint density at radius 3 is 2.79 bits per heavy atom. The van der Waals surface area contributed by atoms with Crippen LogP contribution in [0.2, 0.25) is 0 Å². The van der Waals surface area contributed by atoms with Crippen molar-refractivity contribution in [3.05, 3.63) is 0 Å². The zero-order valence-corrected chi connectivity index (χ0v) is 11.8. The molecular weight excluding hydrogens is 244 g/mol. The Labute approximate surface area is 115 Å². The van der Waals surface area contributed by atoms with Crippen LogP contribution in [0.1, 0.15) is 45.4 Å². The third-order valence-electron chi connectivity index (χ3n) is 3.96. The van der Waals surface area contributed by atoms with Gasteiger partial charge in [0.2, 0.25) is 0 Å². The maximum absolute atomic E-state index is 11.7. The van der Waals surface area contributed by atoms with Crippen LogP contribution in [0.25, 0.3) is 0 Å².